The van der Waals surface area contributed by atoms with Gasteiger partial charge in [0.2, 0.25) is 5.88 Å². The zero-order valence-electron chi connectivity index (χ0n) is 17.7. The molecule has 0 N–H and O–H groups in total. The fourth-order valence-corrected chi connectivity index (χ4v) is 4.39. The number of carbonyl (C=O) groups excluding carboxylic acids is 1. The zero-order chi connectivity index (χ0) is 21.5. The normalized spacial score (nSPS) is 13.0. The number of para-hydroxylation sites is 1. The second-order valence-electron chi connectivity index (χ2n) is 7.39. The molecule has 0 bridgehead atoms. The van der Waals surface area contributed by atoms with Gasteiger partial charge in [-0.1, -0.05) is 62.0 Å². The van der Waals surface area contributed by atoms with Crippen LogP contribution in [0.15, 0.2) is 72.8 Å². The van der Waals surface area contributed by atoms with Gasteiger partial charge in [-0.3, -0.25) is 4.79 Å². The molecule has 0 fully saturated rings. The van der Waals surface area contributed by atoms with Crippen molar-refractivity contribution in [2.24, 2.45) is 5.92 Å². The van der Waals surface area contributed by atoms with E-state index in [4.69, 9.17) is 9.47 Å². The number of thioether (sulfide) groups is 1. The number of benzene rings is 2. The van der Waals surface area contributed by atoms with Gasteiger partial charge >= 0.3 is 0 Å². The Morgan fingerprint density at radius 1 is 0.867 bits per heavy atom. The molecule has 156 valence electrons. The van der Waals surface area contributed by atoms with Crippen LogP contribution in [-0.4, -0.2) is 17.2 Å². The first-order chi connectivity index (χ1) is 14.5. The minimum atomic E-state index is -0.188. The molecule has 0 saturated carbocycles. The fourth-order valence-electron chi connectivity index (χ4n) is 3.24. The minimum Gasteiger partial charge on any atom is -0.497 e. The minimum absolute atomic E-state index is 0.0867. The van der Waals surface area contributed by atoms with Crippen LogP contribution < -0.4 is 9.47 Å². The van der Waals surface area contributed by atoms with Gasteiger partial charge in [-0.2, -0.15) is 0 Å². The molecule has 2 aromatic carbocycles. The van der Waals surface area contributed by atoms with Crippen LogP contribution in [-0.2, 0) is 4.79 Å². The summed E-state index contributed by atoms with van der Waals surface area (Å²) < 4.78 is 11.1. The third-order valence-corrected chi connectivity index (χ3v) is 5.90. The summed E-state index contributed by atoms with van der Waals surface area (Å²) in [7, 11) is 1.64. The van der Waals surface area contributed by atoms with Gasteiger partial charge in [0.25, 0.3) is 0 Å². The lowest BCUT2D eigenvalue weighted by Crippen LogP contribution is -2.16. The molecule has 0 amide bonds. The van der Waals surface area contributed by atoms with Gasteiger partial charge in [-0.25, -0.2) is 4.98 Å². The summed E-state index contributed by atoms with van der Waals surface area (Å²) in [6.45, 7) is 6.15. The molecule has 0 aliphatic carbocycles. The van der Waals surface area contributed by atoms with Crippen molar-refractivity contribution in [3.8, 4) is 17.4 Å². The largest absolute Gasteiger partial charge is 0.497 e. The summed E-state index contributed by atoms with van der Waals surface area (Å²) in [5.74, 6) is 2.04. The van der Waals surface area contributed by atoms with Crippen LogP contribution in [0.4, 0.5) is 0 Å². The predicted molar refractivity (Wildman–Crippen MR) is 122 cm³/mol. The second kappa shape index (κ2) is 10.3. The molecule has 0 aliphatic heterocycles. The molecule has 0 saturated heterocycles. The summed E-state index contributed by atoms with van der Waals surface area (Å²) in [5, 5.41) is 0.0511. The Kier molecular flexibility index (Phi) is 7.52. The first-order valence-corrected chi connectivity index (χ1v) is 10.9. The Bertz CT molecular complexity index is 958. The Morgan fingerprint density at radius 3 is 2.20 bits per heavy atom. The Morgan fingerprint density at radius 2 is 1.57 bits per heavy atom. The van der Waals surface area contributed by atoms with Crippen molar-refractivity contribution in [2.75, 3.05) is 7.11 Å². The molecule has 0 spiro atoms. The predicted octanol–water partition coefficient (Wildman–Crippen LogP) is 6.64. The molecule has 2 atom stereocenters. The molecule has 3 rings (SSSR count). The maximum Gasteiger partial charge on any atom is 0.219 e. The highest BCUT2D eigenvalue weighted by atomic mass is 32.2. The second-order valence-corrected chi connectivity index (χ2v) is 8.73. The summed E-state index contributed by atoms with van der Waals surface area (Å²) in [6, 6.07) is 23.0. The number of methoxy groups -OCH3 is 1. The van der Waals surface area contributed by atoms with Crippen molar-refractivity contribution in [1.82, 2.24) is 4.98 Å². The summed E-state index contributed by atoms with van der Waals surface area (Å²) >= 11 is 1.32. The van der Waals surface area contributed by atoms with E-state index in [1.54, 1.807) is 7.11 Å². The number of hydrogen-bond acceptors (Lipinski definition) is 5. The van der Waals surface area contributed by atoms with Crippen molar-refractivity contribution < 1.29 is 14.3 Å². The van der Waals surface area contributed by atoms with E-state index in [1.165, 1.54) is 11.8 Å². The van der Waals surface area contributed by atoms with Crippen LogP contribution in [0.5, 0.6) is 17.4 Å². The van der Waals surface area contributed by atoms with Crippen molar-refractivity contribution in [2.45, 2.75) is 31.9 Å². The van der Waals surface area contributed by atoms with Gasteiger partial charge in [0.1, 0.15) is 11.5 Å². The maximum atomic E-state index is 13.2. The first-order valence-electron chi connectivity index (χ1n) is 10.0. The molecule has 0 aliphatic rings. The number of pyridine rings is 1. The quantitative estimate of drug-likeness (QED) is 0.408. The summed E-state index contributed by atoms with van der Waals surface area (Å²) in [6.07, 6.45) is 0. The molecule has 30 heavy (non-hydrogen) atoms. The topological polar surface area (TPSA) is 48.4 Å². The number of rotatable bonds is 8. The lowest BCUT2D eigenvalue weighted by molar-refractivity contribution is -0.113. The molecule has 1 aromatic heterocycles. The van der Waals surface area contributed by atoms with Crippen LogP contribution in [0, 0.1) is 5.92 Å². The fraction of sp³-hybridized carbons (Fsp3) is 0.280. The van der Waals surface area contributed by atoms with Crippen LogP contribution in [0.2, 0.25) is 0 Å². The average Bonchev–Trinajstić information content (AvgIpc) is 2.75. The van der Waals surface area contributed by atoms with Crippen LogP contribution in [0.3, 0.4) is 0 Å². The summed E-state index contributed by atoms with van der Waals surface area (Å²) in [4.78, 5) is 17.8. The van der Waals surface area contributed by atoms with Gasteiger partial charge in [0.05, 0.1) is 24.0 Å². The van der Waals surface area contributed by atoms with Gasteiger partial charge in [-0.15, -0.1) is 0 Å². The SMILES string of the molecule is COc1ccc(C(C(=O)SC(C)c2cccc(Oc3ccccc3)n2)C(C)C)cc1. The molecular weight excluding hydrogens is 394 g/mol. The van der Waals surface area contributed by atoms with E-state index in [0.29, 0.717) is 5.88 Å². The zero-order valence-corrected chi connectivity index (χ0v) is 18.6. The molecule has 1 heterocycles. The standard InChI is InChI=1S/C25H27NO3S/c1-17(2)24(19-13-15-20(28-4)16-14-19)25(27)30-18(3)22-11-8-12-23(26-22)29-21-9-6-5-7-10-21/h5-18,24H,1-4H3. The van der Waals surface area contributed by atoms with E-state index in [-0.39, 0.29) is 22.2 Å². The van der Waals surface area contributed by atoms with Gasteiger partial charge < -0.3 is 9.47 Å². The molecule has 2 unspecified atom stereocenters. The smallest absolute Gasteiger partial charge is 0.219 e. The van der Waals surface area contributed by atoms with E-state index in [9.17, 15) is 4.79 Å². The summed E-state index contributed by atoms with van der Waals surface area (Å²) in [5.41, 5.74) is 1.82. The Balaban J connectivity index is 1.72. The number of carbonyl (C=O) groups is 1. The van der Waals surface area contributed by atoms with Crippen molar-refractivity contribution in [1.29, 1.82) is 0 Å². The highest BCUT2D eigenvalue weighted by Gasteiger charge is 2.27. The maximum absolute atomic E-state index is 13.2. The Hall–Kier alpha value is -2.79. The number of aromatic nitrogens is 1. The lowest BCUT2D eigenvalue weighted by atomic mass is 9.89. The van der Waals surface area contributed by atoms with Crippen LogP contribution >= 0.6 is 11.8 Å². The van der Waals surface area contributed by atoms with Gasteiger partial charge in [0, 0.05) is 6.07 Å². The highest BCUT2D eigenvalue weighted by Crippen LogP contribution is 2.37. The monoisotopic (exact) mass is 421 g/mol. The van der Waals surface area contributed by atoms with E-state index in [1.807, 2.05) is 79.7 Å². The van der Waals surface area contributed by atoms with E-state index < -0.39 is 0 Å². The third-order valence-electron chi connectivity index (χ3n) is 4.82. The van der Waals surface area contributed by atoms with E-state index in [2.05, 4.69) is 18.8 Å². The van der Waals surface area contributed by atoms with Crippen molar-refractivity contribution in [3.05, 3.63) is 84.1 Å². The molecule has 4 nitrogen and oxygen atoms in total. The number of ether oxygens (including phenoxy) is 2. The molecule has 3 aromatic rings. The highest BCUT2D eigenvalue weighted by molar-refractivity contribution is 8.13. The number of nitrogens with zero attached hydrogens (tertiary/aromatic N) is 1. The third kappa shape index (κ3) is 5.63. The molecule has 5 heteroatoms. The average molecular weight is 422 g/mol. The first kappa shape index (κ1) is 21.9. The van der Waals surface area contributed by atoms with Gasteiger partial charge in [-0.05, 0) is 48.7 Å². The van der Waals surface area contributed by atoms with E-state index >= 15 is 0 Å². The molecule has 0 radical (unpaired) electrons. The molecular formula is C25H27NO3S. The Labute approximate surface area is 182 Å². The van der Waals surface area contributed by atoms with Crippen LogP contribution in [0.1, 0.15) is 43.2 Å². The van der Waals surface area contributed by atoms with Crippen molar-refractivity contribution in [3.63, 3.8) is 0 Å². The number of hydrogen-bond donors (Lipinski definition) is 0. The van der Waals surface area contributed by atoms with Gasteiger partial charge in [0.15, 0.2) is 5.12 Å². The lowest BCUT2D eigenvalue weighted by Gasteiger charge is -2.21. The van der Waals surface area contributed by atoms with Crippen molar-refractivity contribution >= 4 is 16.9 Å². The van der Waals surface area contributed by atoms with Crippen LogP contribution in [0.25, 0.3) is 0 Å². The van der Waals surface area contributed by atoms with E-state index in [0.717, 1.165) is 22.8 Å².